The number of nitrogens with two attached hydrogens (primary N) is 1. The molecule has 5 aromatic rings. The smallest absolute Gasteiger partial charge is 0.258 e. The van der Waals surface area contributed by atoms with E-state index in [4.69, 9.17) is 5.73 Å². The SMILES string of the molecule is CN(C(=O)c1ccccc1)c1ccc2c(c1)nc(NC(=O)c1ccc(-c3ccccc3)cc1)n2CCC(N)=O. The van der Waals surface area contributed by atoms with Crippen LogP contribution < -0.4 is 16.0 Å². The first kappa shape index (κ1) is 25.4. The number of anilines is 2. The standard InChI is InChI=1S/C31H27N5O3/c1-35(30(39)24-10-6-3-7-11-24)25-16-17-27-26(20-25)33-31(36(27)19-18-28(32)37)34-29(38)23-14-12-22(13-15-23)21-8-4-2-5-9-21/h2-17,20H,18-19H2,1H3,(H2,32,37)(H,33,34,38). The summed E-state index contributed by atoms with van der Waals surface area (Å²) in [5.41, 5.74) is 10.4. The third-order valence-corrected chi connectivity index (χ3v) is 6.51. The lowest BCUT2D eigenvalue weighted by Gasteiger charge is -2.17. The summed E-state index contributed by atoms with van der Waals surface area (Å²) >= 11 is 0. The summed E-state index contributed by atoms with van der Waals surface area (Å²) in [6.07, 6.45) is 0.0776. The lowest BCUT2D eigenvalue weighted by molar-refractivity contribution is -0.118. The molecule has 39 heavy (non-hydrogen) atoms. The molecule has 8 nitrogen and oxygen atoms in total. The van der Waals surface area contributed by atoms with E-state index in [9.17, 15) is 14.4 Å². The maximum atomic E-state index is 13.1. The molecule has 3 amide bonds. The van der Waals surface area contributed by atoms with Crippen molar-refractivity contribution in [2.24, 2.45) is 5.73 Å². The van der Waals surface area contributed by atoms with E-state index in [1.165, 1.54) is 0 Å². The number of hydrogen-bond donors (Lipinski definition) is 2. The molecule has 0 saturated heterocycles. The van der Waals surface area contributed by atoms with E-state index in [1.807, 2.05) is 66.7 Å². The van der Waals surface area contributed by atoms with Gasteiger partial charge in [-0.1, -0.05) is 60.7 Å². The molecule has 0 aliphatic heterocycles. The second-order valence-electron chi connectivity index (χ2n) is 9.10. The number of fused-ring (bicyclic) bond motifs is 1. The topological polar surface area (TPSA) is 110 Å². The van der Waals surface area contributed by atoms with Crippen molar-refractivity contribution in [2.45, 2.75) is 13.0 Å². The average Bonchev–Trinajstić information content (AvgIpc) is 3.32. The fourth-order valence-corrected chi connectivity index (χ4v) is 4.38. The van der Waals surface area contributed by atoms with Crippen LogP contribution in [0.25, 0.3) is 22.2 Å². The van der Waals surface area contributed by atoms with Gasteiger partial charge in [-0.05, 0) is 53.6 Å². The minimum absolute atomic E-state index is 0.0776. The second-order valence-corrected chi connectivity index (χ2v) is 9.10. The molecule has 0 radical (unpaired) electrons. The van der Waals surface area contributed by atoms with E-state index in [-0.39, 0.29) is 30.7 Å². The van der Waals surface area contributed by atoms with Crippen molar-refractivity contribution in [2.75, 3.05) is 17.3 Å². The highest BCUT2D eigenvalue weighted by Crippen LogP contribution is 2.27. The average molecular weight is 518 g/mol. The molecule has 5 rings (SSSR count). The largest absolute Gasteiger partial charge is 0.370 e. The van der Waals surface area contributed by atoms with Gasteiger partial charge >= 0.3 is 0 Å². The summed E-state index contributed by atoms with van der Waals surface area (Å²) in [4.78, 5) is 43.8. The summed E-state index contributed by atoms with van der Waals surface area (Å²) in [5, 5.41) is 2.88. The summed E-state index contributed by atoms with van der Waals surface area (Å²) in [5.74, 6) is -0.662. The molecule has 0 fully saturated rings. The molecule has 194 valence electrons. The molecule has 0 atom stereocenters. The Hall–Kier alpha value is -5.24. The Kier molecular flexibility index (Phi) is 7.18. The van der Waals surface area contributed by atoms with Gasteiger partial charge < -0.3 is 15.2 Å². The first-order chi connectivity index (χ1) is 18.9. The van der Waals surface area contributed by atoms with Crippen LogP contribution in [0.2, 0.25) is 0 Å². The number of carbonyl (C=O) groups excluding carboxylic acids is 3. The fraction of sp³-hybridized carbons (Fsp3) is 0.0968. The van der Waals surface area contributed by atoms with Crippen molar-refractivity contribution in [1.82, 2.24) is 9.55 Å². The summed E-state index contributed by atoms with van der Waals surface area (Å²) in [6, 6.07) is 31.6. The number of imidazole rings is 1. The molecule has 0 unspecified atom stereocenters. The highest BCUT2D eigenvalue weighted by Gasteiger charge is 2.18. The molecule has 1 aromatic heterocycles. The third kappa shape index (κ3) is 5.55. The molecule has 3 N–H and O–H groups in total. The zero-order chi connectivity index (χ0) is 27.4. The molecular weight excluding hydrogens is 490 g/mol. The number of nitrogens with one attached hydrogen (secondary N) is 1. The van der Waals surface area contributed by atoms with Crippen molar-refractivity contribution < 1.29 is 14.4 Å². The number of primary amides is 1. The highest BCUT2D eigenvalue weighted by atomic mass is 16.2. The Bertz CT molecular complexity index is 1650. The molecule has 1 heterocycles. The summed E-state index contributed by atoms with van der Waals surface area (Å²) in [6.45, 7) is 0.243. The van der Waals surface area contributed by atoms with E-state index in [0.717, 1.165) is 11.1 Å². The van der Waals surface area contributed by atoms with Crippen LogP contribution in [0, 0.1) is 0 Å². The zero-order valence-corrected chi connectivity index (χ0v) is 21.4. The predicted octanol–water partition coefficient (Wildman–Crippen LogP) is 5.11. The van der Waals surface area contributed by atoms with Crippen LogP contribution in [0.4, 0.5) is 11.6 Å². The second kappa shape index (κ2) is 11.0. The van der Waals surface area contributed by atoms with E-state index < -0.39 is 5.91 Å². The maximum absolute atomic E-state index is 13.1. The Labute approximate surface area is 225 Å². The minimum atomic E-state index is -0.463. The lowest BCUT2D eigenvalue weighted by atomic mass is 10.0. The minimum Gasteiger partial charge on any atom is -0.370 e. The van der Waals surface area contributed by atoms with Crippen LogP contribution in [0.15, 0.2) is 103 Å². The van der Waals surface area contributed by atoms with Gasteiger partial charge in [0.25, 0.3) is 11.8 Å². The summed E-state index contributed by atoms with van der Waals surface area (Å²) in [7, 11) is 1.70. The third-order valence-electron chi connectivity index (χ3n) is 6.51. The number of rotatable bonds is 8. The Balaban J connectivity index is 1.43. The van der Waals surface area contributed by atoms with Gasteiger partial charge in [0, 0.05) is 36.8 Å². The molecule has 0 bridgehead atoms. The number of benzene rings is 4. The highest BCUT2D eigenvalue weighted by molar-refractivity contribution is 6.07. The molecule has 0 saturated carbocycles. The molecule has 0 aliphatic carbocycles. The number of hydrogen-bond acceptors (Lipinski definition) is 4. The van der Waals surface area contributed by atoms with Crippen molar-refractivity contribution in [1.29, 1.82) is 0 Å². The fourth-order valence-electron chi connectivity index (χ4n) is 4.38. The molecular formula is C31H27N5O3. The molecule has 0 aliphatic rings. The van der Waals surface area contributed by atoms with Crippen molar-refractivity contribution in [3.05, 3.63) is 114 Å². The van der Waals surface area contributed by atoms with Crippen molar-refractivity contribution in [3.8, 4) is 11.1 Å². The number of amides is 3. The number of aromatic nitrogens is 2. The van der Waals surface area contributed by atoms with Gasteiger partial charge in [0.15, 0.2) is 0 Å². The van der Waals surface area contributed by atoms with Crippen LogP contribution >= 0.6 is 0 Å². The van der Waals surface area contributed by atoms with Gasteiger partial charge in [0.2, 0.25) is 11.9 Å². The normalized spacial score (nSPS) is 10.8. The van der Waals surface area contributed by atoms with Gasteiger partial charge in [-0.25, -0.2) is 4.98 Å². The Morgan fingerprint density at radius 1 is 0.821 bits per heavy atom. The van der Waals surface area contributed by atoms with Gasteiger partial charge in [0.05, 0.1) is 11.0 Å². The lowest BCUT2D eigenvalue weighted by Crippen LogP contribution is -2.26. The van der Waals surface area contributed by atoms with Crippen LogP contribution in [-0.2, 0) is 11.3 Å². The quantitative estimate of drug-likeness (QED) is 0.298. The summed E-state index contributed by atoms with van der Waals surface area (Å²) < 4.78 is 1.75. The van der Waals surface area contributed by atoms with Gasteiger partial charge in [0.1, 0.15) is 0 Å². The van der Waals surface area contributed by atoms with E-state index in [1.54, 1.807) is 52.9 Å². The first-order valence-electron chi connectivity index (χ1n) is 12.5. The van der Waals surface area contributed by atoms with Crippen LogP contribution in [0.5, 0.6) is 0 Å². The Morgan fingerprint density at radius 3 is 2.13 bits per heavy atom. The van der Waals surface area contributed by atoms with Crippen LogP contribution in [-0.4, -0.2) is 34.3 Å². The Morgan fingerprint density at radius 2 is 1.46 bits per heavy atom. The number of carbonyl (C=O) groups is 3. The number of aryl methyl sites for hydroxylation is 1. The predicted molar refractivity (Wildman–Crippen MR) is 153 cm³/mol. The van der Waals surface area contributed by atoms with E-state index in [2.05, 4.69) is 10.3 Å². The van der Waals surface area contributed by atoms with Crippen molar-refractivity contribution in [3.63, 3.8) is 0 Å². The number of nitrogens with zero attached hydrogens (tertiary/aromatic N) is 3. The van der Waals surface area contributed by atoms with E-state index >= 15 is 0 Å². The van der Waals surface area contributed by atoms with Crippen LogP contribution in [0.3, 0.4) is 0 Å². The van der Waals surface area contributed by atoms with Crippen molar-refractivity contribution >= 4 is 40.4 Å². The molecule has 4 aromatic carbocycles. The van der Waals surface area contributed by atoms with E-state index in [0.29, 0.717) is 27.8 Å². The maximum Gasteiger partial charge on any atom is 0.258 e. The van der Waals surface area contributed by atoms with Crippen LogP contribution in [0.1, 0.15) is 27.1 Å². The monoisotopic (exact) mass is 517 g/mol. The first-order valence-corrected chi connectivity index (χ1v) is 12.5. The zero-order valence-electron chi connectivity index (χ0n) is 21.4. The van der Waals surface area contributed by atoms with Gasteiger partial charge in [-0.15, -0.1) is 0 Å². The van der Waals surface area contributed by atoms with Gasteiger partial charge in [-0.2, -0.15) is 0 Å². The molecule has 0 spiro atoms. The molecule has 8 heteroatoms. The van der Waals surface area contributed by atoms with Gasteiger partial charge in [-0.3, -0.25) is 19.7 Å².